The molecule has 0 heterocycles. The van der Waals surface area contributed by atoms with Crippen molar-refractivity contribution < 1.29 is 0 Å². The molecule has 3 unspecified atom stereocenters. The molecular formula is C47H40N2. The van der Waals surface area contributed by atoms with E-state index in [4.69, 9.17) is 0 Å². The highest BCUT2D eigenvalue weighted by molar-refractivity contribution is 5.89. The predicted molar refractivity (Wildman–Crippen MR) is 206 cm³/mol. The van der Waals surface area contributed by atoms with Crippen LogP contribution in [-0.2, 0) is 12.8 Å². The lowest BCUT2D eigenvalue weighted by Crippen LogP contribution is -2.19. The molecule has 0 N–H and O–H groups in total. The SMILES string of the molecule is C=CCC1C=C2C(=CC1)Cc1cc(N(c3ccccc3)c3ccc4c(c3)CC3C=C(N(c5ccccc5)c5ccccc5)C=CC43)ccc12. The number of hydrogen-bond acceptors (Lipinski definition) is 2. The quantitative estimate of drug-likeness (QED) is 0.157. The van der Waals surface area contributed by atoms with Crippen LogP contribution < -0.4 is 9.80 Å². The molecule has 238 valence electrons. The van der Waals surface area contributed by atoms with Gasteiger partial charge in [-0.15, -0.1) is 6.58 Å². The number of para-hydroxylation sites is 3. The molecule has 0 bridgehead atoms. The largest absolute Gasteiger partial charge is 0.311 e. The summed E-state index contributed by atoms with van der Waals surface area (Å²) in [6.07, 6.45) is 18.5. The molecule has 5 aromatic carbocycles. The molecule has 0 fully saturated rings. The van der Waals surface area contributed by atoms with E-state index in [0.29, 0.717) is 17.8 Å². The number of anilines is 5. The van der Waals surface area contributed by atoms with E-state index < -0.39 is 0 Å². The van der Waals surface area contributed by atoms with Crippen LogP contribution >= 0.6 is 0 Å². The van der Waals surface area contributed by atoms with Crippen LogP contribution in [0.2, 0.25) is 0 Å². The third-order valence-electron chi connectivity index (χ3n) is 10.7. The lowest BCUT2D eigenvalue weighted by Gasteiger charge is -2.30. The molecule has 0 saturated heterocycles. The maximum absolute atomic E-state index is 3.99. The van der Waals surface area contributed by atoms with E-state index in [9.17, 15) is 0 Å². The van der Waals surface area contributed by atoms with Gasteiger partial charge in [0, 0.05) is 40.1 Å². The highest BCUT2D eigenvalue weighted by atomic mass is 15.2. The number of allylic oxidation sites excluding steroid dienone is 8. The molecule has 2 heteroatoms. The van der Waals surface area contributed by atoms with Gasteiger partial charge in [-0.25, -0.2) is 0 Å². The molecule has 0 amide bonds. The molecule has 9 rings (SSSR count). The summed E-state index contributed by atoms with van der Waals surface area (Å²) in [6.45, 7) is 3.99. The Kier molecular flexibility index (Phi) is 7.50. The molecule has 0 saturated carbocycles. The fourth-order valence-corrected chi connectivity index (χ4v) is 8.46. The Bertz CT molecular complexity index is 2110. The molecule has 0 aliphatic heterocycles. The summed E-state index contributed by atoms with van der Waals surface area (Å²) < 4.78 is 0. The van der Waals surface area contributed by atoms with E-state index in [-0.39, 0.29) is 0 Å². The Morgan fingerprint density at radius 2 is 1.29 bits per heavy atom. The lowest BCUT2D eigenvalue weighted by atomic mass is 9.87. The van der Waals surface area contributed by atoms with E-state index in [1.165, 1.54) is 67.5 Å². The molecule has 49 heavy (non-hydrogen) atoms. The summed E-state index contributed by atoms with van der Waals surface area (Å²) in [5, 5.41) is 0. The van der Waals surface area contributed by atoms with E-state index in [0.717, 1.165) is 25.7 Å². The average molecular weight is 633 g/mol. The predicted octanol–water partition coefficient (Wildman–Crippen LogP) is 12.2. The smallest absolute Gasteiger partial charge is 0.0464 e. The van der Waals surface area contributed by atoms with E-state index in [1.54, 1.807) is 0 Å². The van der Waals surface area contributed by atoms with Crippen LogP contribution in [0.4, 0.5) is 28.4 Å². The zero-order valence-electron chi connectivity index (χ0n) is 27.8. The van der Waals surface area contributed by atoms with Crippen LogP contribution in [0.1, 0.15) is 41.0 Å². The highest BCUT2D eigenvalue weighted by Crippen LogP contribution is 2.48. The number of fused-ring (bicyclic) bond motifs is 6. The minimum atomic E-state index is 0.390. The van der Waals surface area contributed by atoms with Gasteiger partial charge in [-0.05, 0) is 138 Å². The van der Waals surface area contributed by atoms with Gasteiger partial charge in [0.25, 0.3) is 0 Å². The number of benzene rings is 5. The molecule has 4 aliphatic carbocycles. The summed E-state index contributed by atoms with van der Waals surface area (Å²) in [6, 6.07) is 46.5. The van der Waals surface area contributed by atoms with Crippen molar-refractivity contribution in [3.05, 3.63) is 204 Å². The van der Waals surface area contributed by atoms with Crippen LogP contribution in [-0.4, -0.2) is 0 Å². The first-order valence-electron chi connectivity index (χ1n) is 17.7. The van der Waals surface area contributed by atoms with Gasteiger partial charge in [-0.2, -0.15) is 0 Å². The van der Waals surface area contributed by atoms with Crippen LogP contribution in [0.3, 0.4) is 0 Å². The number of rotatable bonds is 8. The minimum Gasteiger partial charge on any atom is -0.311 e. The van der Waals surface area contributed by atoms with Crippen molar-refractivity contribution in [3.8, 4) is 0 Å². The van der Waals surface area contributed by atoms with Crippen molar-refractivity contribution in [1.82, 2.24) is 0 Å². The molecule has 3 atom stereocenters. The standard InChI is InChI=1S/C47H40N2/c1-2-12-33-19-20-34-28-35-30-43(23-26-46(35)47(34)27-33)49(40-17-10-5-11-18-40)42-22-25-45-37(32-42)29-36-31-41(21-24-44(36)45)48(38-13-6-3-7-14-38)39-15-8-4-9-16-39/h2-11,13-18,20-27,30-33,36,44H,1,12,19,28-29H2. The maximum Gasteiger partial charge on any atom is 0.0464 e. The lowest BCUT2D eigenvalue weighted by molar-refractivity contribution is 0.623. The maximum atomic E-state index is 3.99. The zero-order chi connectivity index (χ0) is 32.7. The van der Waals surface area contributed by atoms with E-state index in [2.05, 4.69) is 180 Å². The summed E-state index contributed by atoms with van der Waals surface area (Å²) in [5.74, 6) is 1.36. The Morgan fingerprint density at radius 1 is 0.653 bits per heavy atom. The van der Waals surface area contributed by atoms with Crippen LogP contribution in [0.15, 0.2) is 182 Å². The molecule has 2 nitrogen and oxygen atoms in total. The van der Waals surface area contributed by atoms with Gasteiger partial charge in [0.1, 0.15) is 0 Å². The van der Waals surface area contributed by atoms with Crippen molar-refractivity contribution in [1.29, 1.82) is 0 Å². The third-order valence-corrected chi connectivity index (χ3v) is 10.7. The first-order chi connectivity index (χ1) is 24.2. The molecule has 0 spiro atoms. The Labute approximate surface area is 290 Å². The fraction of sp³-hybridized carbons (Fsp3) is 0.149. The van der Waals surface area contributed by atoms with E-state index >= 15 is 0 Å². The second-order valence-electron chi connectivity index (χ2n) is 13.8. The van der Waals surface area contributed by atoms with Gasteiger partial charge >= 0.3 is 0 Å². The highest BCUT2D eigenvalue weighted by Gasteiger charge is 2.34. The molecule has 0 radical (unpaired) electrons. The van der Waals surface area contributed by atoms with Gasteiger partial charge in [-0.1, -0.05) is 97.1 Å². The van der Waals surface area contributed by atoms with Crippen molar-refractivity contribution in [2.75, 3.05) is 9.80 Å². The second kappa shape index (κ2) is 12.5. The third kappa shape index (κ3) is 5.38. The molecular weight excluding hydrogens is 593 g/mol. The Hall–Kier alpha value is -5.60. The topological polar surface area (TPSA) is 6.48 Å². The van der Waals surface area contributed by atoms with Crippen molar-refractivity contribution in [2.24, 2.45) is 11.8 Å². The van der Waals surface area contributed by atoms with Gasteiger partial charge in [-0.3, -0.25) is 0 Å². The van der Waals surface area contributed by atoms with Crippen LogP contribution in [0.5, 0.6) is 0 Å². The summed E-state index contributed by atoms with van der Waals surface area (Å²) in [5.41, 5.74) is 15.8. The summed E-state index contributed by atoms with van der Waals surface area (Å²) >= 11 is 0. The summed E-state index contributed by atoms with van der Waals surface area (Å²) in [4.78, 5) is 4.82. The van der Waals surface area contributed by atoms with Gasteiger partial charge in [0.15, 0.2) is 0 Å². The molecule has 5 aromatic rings. The Balaban J connectivity index is 1.05. The van der Waals surface area contributed by atoms with E-state index in [1.807, 2.05) is 0 Å². The van der Waals surface area contributed by atoms with Crippen molar-refractivity contribution in [2.45, 2.75) is 31.6 Å². The first kappa shape index (κ1) is 29.5. The minimum absolute atomic E-state index is 0.390. The molecule has 4 aliphatic rings. The van der Waals surface area contributed by atoms with Crippen molar-refractivity contribution >= 4 is 34.0 Å². The number of nitrogens with zero attached hydrogens (tertiary/aromatic N) is 2. The number of hydrogen-bond donors (Lipinski definition) is 0. The second-order valence-corrected chi connectivity index (χ2v) is 13.8. The Morgan fingerprint density at radius 3 is 1.96 bits per heavy atom. The fourth-order valence-electron chi connectivity index (χ4n) is 8.46. The normalized spacial score (nSPS) is 19.8. The zero-order valence-corrected chi connectivity index (χ0v) is 27.8. The average Bonchev–Trinajstić information content (AvgIpc) is 3.70. The van der Waals surface area contributed by atoms with Gasteiger partial charge < -0.3 is 9.80 Å². The first-order valence-corrected chi connectivity index (χ1v) is 17.7. The van der Waals surface area contributed by atoms with Gasteiger partial charge in [0.05, 0.1) is 0 Å². The monoisotopic (exact) mass is 632 g/mol. The van der Waals surface area contributed by atoms with Gasteiger partial charge in [0.2, 0.25) is 0 Å². The molecule has 0 aromatic heterocycles. The van der Waals surface area contributed by atoms with Crippen LogP contribution in [0.25, 0.3) is 5.57 Å². The van der Waals surface area contributed by atoms with Crippen molar-refractivity contribution in [3.63, 3.8) is 0 Å². The summed E-state index contributed by atoms with van der Waals surface area (Å²) in [7, 11) is 0. The van der Waals surface area contributed by atoms with Crippen LogP contribution in [0, 0.1) is 11.8 Å².